The van der Waals surface area contributed by atoms with Crippen LogP contribution >= 0.6 is 0 Å². The predicted octanol–water partition coefficient (Wildman–Crippen LogP) is 4.28. The summed E-state index contributed by atoms with van der Waals surface area (Å²) >= 11 is 0. The largest absolute Gasteiger partial charge is 0.454 e. The molecule has 0 unspecified atom stereocenters. The molecule has 0 fully saturated rings. The molecule has 5 nitrogen and oxygen atoms in total. The van der Waals surface area contributed by atoms with Gasteiger partial charge in [-0.1, -0.05) is 36.4 Å². The van der Waals surface area contributed by atoms with Crippen molar-refractivity contribution in [2.75, 3.05) is 0 Å². The Labute approximate surface area is 144 Å². The van der Waals surface area contributed by atoms with Gasteiger partial charge in [0, 0.05) is 17.6 Å². The van der Waals surface area contributed by atoms with Crippen LogP contribution in [0.15, 0.2) is 59.5 Å². The van der Waals surface area contributed by atoms with Gasteiger partial charge in [-0.2, -0.15) is 13.2 Å². The van der Waals surface area contributed by atoms with Crippen LogP contribution in [0.4, 0.5) is 13.2 Å². The number of H-pyrrole nitrogens is 1. The molecule has 0 saturated heterocycles. The average Bonchev–Trinajstić information content (AvgIpc) is 2.61. The zero-order chi connectivity index (χ0) is 18.3. The molecule has 0 aliphatic carbocycles. The number of nitrogens with zero attached hydrogens (tertiary/aromatic N) is 2. The quantitative estimate of drug-likeness (QED) is 0.581. The molecular formula is C18H10F3N3O2. The van der Waals surface area contributed by atoms with Gasteiger partial charge < -0.3 is 9.72 Å². The Kier molecular flexibility index (Phi) is 3.61. The number of aromatic nitrogens is 3. The van der Waals surface area contributed by atoms with Crippen LogP contribution in [-0.2, 0) is 6.18 Å². The van der Waals surface area contributed by atoms with Crippen molar-refractivity contribution in [1.82, 2.24) is 15.0 Å². The Bertz CT molecular complexity index is 1180. The highest BCUT2D eigenvalue weighted by molar-refractivity contribution is 5.89. The van der Waals surface area contributed by atoms with Crippen molar-refractivity contribution in [3.05, 3.63) is 70.8 Å². The van der Waals surface area contributed by atoms with Crippen LogP contribution in [0.5, 0.6) is 11.5 Å². The molecule has 0 spiro atoms. The lowest BCUT2D eigenvalue weighted by Crippen LogP contribution is -2.24. The number of benzene rings is 2. The van der Waals surface area contributed by atoms with Crippen LogP contribution in [0.3, 0.4) is 0 Å². The van der Waals surface area contributed by atoms with Crippen LogP contribution in [0, 0.1) is 0 Å². The summed E-state index contributed by atoms with van der Waals surface area (Å²) in [7, 11) is 0. The molecule has 8 heteroatoms. The van der Waals surface area contributed by atoms with Crippen molar-refractivity contribution in [2.24, 2.45) is 0 Å². The summed E-state index contributed by atoms with van der Waals surface area (Å²) in [6.07, 6.45) is -3.59. The molecule has 4 rings (SSSR count). The van der Waals surface area contributed by atoms with Gasteiger partial charge in [-0.15, -0.1) is 0 Å². The van der Waals surface area contributed by atoms with Gasteiger partial charge in [0.2, 0.25) is 5.69 Å². The highest BCUT2D eigenvalue weighted by atomic mass is 19.4. The number of rotatable bonds is 2. The highest BCUT2D eigenvalue weighted by Crippen LogP contribution is 2.32. The Hall–Kier alpha value is -3.42. The minimum absolute atomic E-state index is 0.00145. The van der Waals surface area contributed by atoms with Gasteiger partial charge in [0.1, 0.15) is 11.3 Å². The summed E-state index contributed by atoms with van der Waals surface area (Å²) in [6.45, 7) is 0. The molecule has 0 saturated carbocycles. The fourth-order valence-electron chi connectivity index (χ4n) is 2.65. The van der Waals surface area contributed by atoms with Gasteiger partial charge in [0.05, 0.1) is 0 Å². The Balaban J connectivity index is 1.87. The number of hydrogen-bond donors (Lipinski definition) is 1. The lowest BCUT2D eigenvalue weighted by molar-refractivity contribution is -0.142. The Morgan fingerprint density at radius 2 is 1.73 bits per heavy atom. The number of nitrogens with one attached hydrogen (secondary N) is 1. The van der Waals surface area contributed by atoms with E-state index in [-0.39, 0.29) is 16.9 Å². The van der Waals surface area contributed by atoms with Gasteiger partial charge in [0.15, 0.2) is 11.4 Å². The molecule has 0 aliphatic rings. The van der Waals surface area contributed by atoms with E-state index < -0.39 is 17.4 Å². The monoisotopic (exact) mass is 357 g/mol. The first-order valence-electron chi connectivity index (χ1n) is 7.55. The van der Waals surface area contributed by atoms with E-state index in [1.54, 1.807) is 12.1 Å². The molecule has 1 N–H and O–H groups in total. The van der Waals surface area contributed by atoms with E-state index in [0.717, 1.165) is 10.8 Å². The zero-order valence-electron chi connectivity index (χ0n) is 13.0. The standard InChI is InChI=1S/C18H10F3N3O2/c19-18(20,21)15-17(25)23-14-13(8-9-22-16(14)24-15)26-12-7-3-5-10-4-1-2-6-11(10)12/h1-9H,(H,23,25). The Morgan fingerprint density at radius 1 is 0.962 bits per heavy atom. The van der Waals surface area contributed by atoms with E-state index in [2.05, 4.69) is 15.0 Å². The van der Waals surface area contributed by atoms with Crippen molar-refractivity contribution in [3.8, 4) is 11.5 Å². The highest BCUT2D eigenvalue weighted by Gasteiger charge is 2.36. The number of pyridine rings is 1. The molecule has 130 valence electrons. The molecule has 4 aromatic rings. The van der Waals surface area contributed by atoms with E-state index in [1.165, 1.54) is 12.3 Å². The molecule has 2 aromatic heterocycles. The minimum Gasteiger partial charge on any atom is -0.454 e. The van der Waals surface area contributed by atoms with Crippen LogP contribution in [-0.4, -0.2) is 15.0 Å². The molecule has 0 radical (unpaired) electrons. The lowest BCUT2D eigenvalue weighted by Gasteiger charge is -2.11. The van der Waals surface area contributed by atoms with E-state index in [0.29, 0.717) is 5.75 Å². The molecule has 2 aromatic carbocycles. The number of aromatic amines is 1. The van der Waals surface area contributed by atoms with Crippen molar-refractivity contribution in [2.45, 2.75) is 6.18 Å². The first-order valence-corrected chi connectivity index (χ1v) is 7.55. The third-order valence-corrected chi connectivity index (χ3v) is 3.80. The first-order chi connectivity index (χ1) is 12.4. The molecule has 26 heavy (non-hydrogen) atoms. The third kappa shape index (κ3) is 2.75. The SMILES string of the molecule is O=c1[nH]c2c(Oc3cccc4ccccc34)ccnc2nc1C(F)(F)F. The molecule has 0 aliphatic heterocycles. The lowest BCUT2D eigenvalue weighted by atomic mass is 10.1. The van der Waals surface area contributed by atoms with Crippen LogP contribution in [0.1, 0.15) is 5.69 Å². The molecule has 0 amide bonds. The van der Waals surface area contributed by atoms with Crippen LogP contribution < -0.4 is 10.3 Å². The van der Waals surface area contributed by atoms with Crippen molar-refractivity contribution in [1.29, 1.82) is 0 Å². The van der Waals surface area contributed by atoms with E-state index in [1.807, 2.05) is 30.3 Å². The minimum atomic E-state index is -4.87. The second-order valence-corrected chi connectivity index (χ2v) is 5.50. The first kappa shape index (κ1) is 16.1. The third-order valence-electron chi connectivity index (χ3n) is 3.80. The van der Waals surface area contributed by atoms with E-state index in [4.69, 9.17) is 4.74 Å². The normalized spacial score (nSPS) is 11.8. The smallest absolute Gasteiger partial charge is 0.438 e. The van der Waals surface area contributed by atoms with Gasteiger partial charge >= 0.3 is 6.18 Å². The Morgan fingerprint density at radius 3 is 2.54 bits per heavy atom. The topological polar surface area (TPSA) is 67.9 Å². The summed E-state index contributed by atoms with van der Waals surface area (Å²) in [5.41, 5.74) is -3.14. The summed E-state index contributed by atoms with van der Waals surface area (Å²) in [5, 5.41) is 1.76. The van der Waals surface area contributed by atoms with Crippen molar-refractivity contribution in [3.63, 3.8) is 0 Å². The van der Waals surface area contributed by atoms with Crippen molar-refractivity contribution < 1.29 is 17.9 Å². The predicted molar refractivity (Wildman–Crippen MR) is 89.2 cm³/mol. The van der Waals surface area contributed by atoms with E-state index >= 15 is 0 Å². The van der Waals surface area contributed by atoms with Crippen LogP contribution in [0.25, 0.3) is 21.9 Å². The molecule has 2 heterocycles. The van der Waals surface area contributed by atoms with Gasteiger partial charge in [-0.25, -0.2) is 9.97 Å². The molecule has 0 bridgehead atoms. The number of halogens is 3. The molecule has 0 atom stereocenters. The number of alkyl halides is 3. The maximum absolute atomic E-state index is 12.9. The number of ether oxygens (including phenoxy) is 1. The van der Waals surface area contributed by atoms with Crippen LogP contribution in [0.2, 0.25) is 0 Å². The summed E-state index contributed by atoms with van der Waals surface area (Å²) in [6, 6.07) is 14.4. The number of fused-ring (bicyclic) bond motifs is 2. The zero-order valence-corrected chi connectivity index (χ0v) is 13.0. The van der Waals surface area contributed by atoms with Gasteiger partial charge in [-0.3, -0.25) is 4.79 Å². The van der Waals surface area contributed by atoms with Crippen molar-refractivity contribution >= 4 is 21.9 Å². The second-order valence-electron chi connectivity index (χ2n) is 5.50. The number of hydrogen-bond acceptors (Lipinski definition) is 4. The maximum Gasteiger partial charge on any atom is 0.438 e. The molecular weight excluding hydrogens is 347 g/mol. The van der Waals surface area contributed by atoms with Gasteiger partial charge in [0.25, 0.3) is 5.56 Å². The summed E-state index contributed by atoms with van der Waals surface area (Å²) in [5.74, 6) is 0.654. The summed E-state index contributed by atoms with van der Waals surface area (Å²) in [4.78, 5) is 21.1. The van der Waals surface area contributed by atoms with Gasteiger partial charge in [-0.05, 0) is 11.5 Å². The maximum atomic E-state index is 12.9. The van der Waals surface area contributed by atoms with E-state index in [9.17, 15) is 18.0 Å². The fourth-order valence-corrected chi connectivity index (χ4v) is 2.65. The fraction of sp³-hybridized carbons (Fsp3) is 0.0556. The average molecular weight is 357 g/mol. The summed E-state index contributed by atoms with van der Waals surface area (Å²) < 4.78 is 44.4. The second kappa shape index (κ2) is 5.83.